The van der Waals surface area contributed by atoms with E-state index in [9.17, 15) is 22.4 Å². The maximum Gasteiger partial charge on any atom is 0.341 e. The van der Waals surface area contributed by atoms with Gasteiger partial charge < -0.3 is 10.1 Å². The zero-order valence-corrected chi connectivity index (χ0v) is 16.4. The second-order valence-corrected chi connectivity index (χ2v) is 8.06. The van der Waals surface area contributed by atoms with Crippen LogP contribution in [0, 0.1) is 5.82 Å². The van der Waals surface area contributed by atoms with E-state index in [0.717, 1.165) is 23.8 Å². The molecule has 0 aliphatic carbocycles. The lowest BCUT2D eigenvalue weighted by molar-refractivity contribution is -0.123. The number of nitrogens with two attached hydrogens (primary N) is 1. The highest BCUT2D eigenvalue weighted by Crippen LogP contribution is 2.18. The monoisotopic (exact) mass is 408 g/mol. The number of anilines is 1. The van der Waals surface area contributed by atoms with E-state index in [1.165, 1.54) is 6.92 Å². The lowest BCUT2D eigenvalue weighted by Crippen LogP contribution is -2.30. The number of amides is 1. The average Bonchev–Trinajstić information content (AvgIpc) is 2.61. The van der Waals surface area contributed by atoms with Gasteiger partial charge in [-0.2, -0.15) is 0 Å². The van der Waals surface area contributed by atoms with Gasteiger partial charge in [0.05, 0.1) is 10.5 Å². The minimum Gasteiger partial charge on any atom is -0.449 e. The summed E-state index contributed by atoms with van der Waals surface area (Å²) < 4.78 is 41.5. The summed E-state index contributed by atoms with van der Waals surface area (Å²) in [5, 5.41) is 7.56. The normalized spacial score (nSPS) is 12.5. The number of ether oxygens (including phenoxy) is 1. The zero-order chi connectivity index (χ0) is 21.1. The Morgan fingerprint density at radius 1 is 1.07 bits per heavy atom. The van der Waals surface area contributed by atoms with Gasteiger partial charge in [-0.25, -0.2) is 22.7 Å². The van der Waals surface area contributed by atoms with Gasteiger partial charge in [0, 0.05) is 5.69 Å². The molecule has 9 heteroatoms. The Bertz CT molecular complexity index is 988. The summed E-state index contributed by atoms with van der Waals surface area (Å²) in [6.45, 7) is 5.40. The number of carbonyl (C=O) groups excluding carboxylic acids is 2. The molecular formula is C19H21FN2O5S. The molecule has 0 saturated carbocycles. The number of hydrogen-bond donors (Lipinski definition) is 2. The van der Waals surface area contributed by atoms with Crippen LogP contribution in [0.2, 0.25) is 0 Å². The van der Waals surface area contributed by atoms with Gasteiger partial charge in [0.25, 0.3) is 5.91 Å². The fourth-order valence-corrected chi connectivity index (χ4v) is 2.85. The van der Waals surface area contributed by atoms with Crippen molar-refractivity contribution in [2.24, 2.45) is 5.14 Å². The largest absolute Gasteiger partial charge is 0.449 e. The van der Waals surface area contributed by atoms with Gasteiger partial charge in [0.1, 0.15) is 5.82 Å². The molecule has 0 spiro atoms. The Kier molecular flexibility index (Phi) is 6.52. The van der Waals surface area contributed by atoms with Crippen molar-refractivity contribution in [1.29, 1.82) is 0 Å². The van der Waals surface area contributed by atoms with Crippen molar-refractivity contribution in [2.45, 2.75) is 37.7 Å². The second kappa shape index (κ2) is 8.49. The van der Waals surface area contributed by atoms with Crippen molar-refractivity contribution in [1.82, 2.24) is 0 Å². The van der Waals surface area contributed by atoms with Crippen molar-refractivity contribution in [3.63, 3.8) is 0 Å². The molecule has 0 saturated heterocycles. The molecule has 150 valence electrons. The third kappa shape index (κ3) is 5.37. The summed E-state index contributed by atoms with van der Waals surface area (Å²) in [6, 6.07) is 9.66. The van der Waals surface area contributed by atoms with Crippen molar-refractivity contribution in [3.05, 3.63) is 59.4 Å². The summed E-state index contributed by atoms with van der Waals surface area (Å²) in [5.41, 5.74) is 0.981. The van der Waals surface area contributed by atoms with E-state index in [1.807, 2.05) is 26.0 Å². The van der Waals surface area contributed by atoms with Gasteiger partial charge in [0.2, 0.25) is 10.0 Å². The van der Waals surface area contributed by atoms with Crippen molar-refractivity contribution < 1.29 is 27.1 Å². The Morgan fingerprint density at radius 2 is 1.68 bits per heavy atom. The van der Waals surface area contributed by atoms with Crippen LogP contribution in [-0.4, -0.2) is 26.4 Å². The van der Waals surface area contributed by atoms with Gasteiger partial charge in [-0.15, -0.1) is 0 Å². The summed E-state index contributed by atoms with van der Waals surface area (Å²) in [7, 11) is -4.12. The average molecular weight is 408 g/mol. The molecule has 0 fully saturated rings. The maximum absolute atomic E-state index is 13.9. The molecule has 0 bridgehead atoms. The quantitative estimate of drug-likeness (QED) is 0.713. The smallest absolute Gasteiger partial charge is 0.341 e. The number of carbonyl (C=O) groups is 2. The number of benzene rings is 2. The summed E-state index contributed by atoms with van der Waals surface area (Å²) in [6.07, 6.45) is -1.24. The van der Waals surface area contributed by atoms with Gasteiger partial charge in [0.15, 0.2) is 6.10 Å². The third-order valence-electron chi connectivity index (χ3n) is 3.98. The molecule has 7 nitrogen and oxygen atoms in total. The van der Waals surface area contributed by atoms with Crippen LogP contribution >= 0.6 is 0 Å². The number of sulfonamides is 1. The van der Waals surface area contributed by atoms with Crippen LogP contribution in [0.1, 0.15) is 42.6 Å². The van der Waals surface area contributed by atoms with Crippen molar-refractivity contribution in [2.75, 3.05) is 5.32 Å². The molecule has 1 atom stereocenters. The Balaban J connectivity index is 2.08. The molecule has 2 rings (SSSR count). The molecule has 2 aromatic rings. The Morgan fingerprint density at radius 3 is 2.21 bits per heavy atom. The van der Waals surface area contributed by atoms with Gasteiger partial charge >= 0.3 is 5.97 Å². The predicted octanol–water partition coefficient (Wildman–Crippen LogP) is 2.78. The predicted molar refractivity (Wildman–Crippen MR) is 102 cm³/mol. The molecule has 0 radical (unpaired) electrons. The molecular weight excluding hydrogens is 387 g/mol. The summed E-state index contributed by atoms with van der Waals surface area (Å²) in [5.74, 6) is -2.45. The van der Waals surface area contributed by atoms with E-state index >= 15 is 0 Å². The fourth-order valence-electron chi connectivity index (χ4n) is 2.31. The van der Waals surface area contributed by atoms with Crippen LogP contribution < -0.4 is 10.5 Å². The van der Waals surface area contributed by atoms with Crippen LogP contribution in [0.25, 0.3) is 0 Å². The summed E-state index contributed by atoms with van der Waals surface area (Å²) in [4.78, 5) is 23.9. The highest BCUT2D eigenvalue weighted by Gasteiger charge is 2.23. The highest BCUT2D eigenvalue weighted by atomic mass is 32.2. The molecule has 2 aromatic carbocycles. The lowest BCUT2D eigenvalue weighted by atomic mass is 10.0. The number of primary sulfonamides is 1. The van der Waals surface area contributed by atoms with Crippen molar-refractivity contribution in [3.8, 4) is 0 Å². The maximum atomic E-state index is 13.9. The van der Waals surface area contributed by atoms with E-state index in [-0.39, 0.29) is 0 Å². The minimum absolute atomic E-state index is 0.340. The minimum atomic E-state index is -4.12. The Labute approximate surface area is 162 Å². The number of esters is 1. The fraction of sp³-hybridized carbons (Fsp3) is 0.263. The molecule has 28 heavy (non-hydrogen) atoms. The molecule has 0 aromatic heterocycles. The highest BCUT2D eigenvalue weighted by molar-refractivity contribution is 7.89. The molecule has 0 aliphatic rings. The number of rotatable bonds is 6. The van der Waals surface area contributed by atoms with E-state index in [4.69, 9.17) is 9.88 Å². The van der Waals surface area contributed by atoms with Crippen LogP contribution in [0.4, 0.5) is 10.1 Å². The summed E-state index contributed by atoms with van der Waals surface area (Å²) >= 11 is 0. The first-order valence-corrected chi connectivity index (χ1v) is 9.98. The first-order chi connectivity index (χ1) is 13.0. The standard InChI is InChI=1S/C19H21FN2O5S/c1-11(2)13-4-6-14(7-5-13)22-18(23)12(3)27-19(24)16-10-15(28(21,25)26)8-9-17(16)20/h4-12H,1-3H3,(H,22,23)(H2,21,25,26)/t12-/m1/s1. The van der Waals surface area contributed by atoms with E-state index in [2.05, 4.69) is 5.32 Å². The number of nitrogens with one attached hydrogen (secondary N) is 1. The van der Waals surface area contributed by atoms with Gasteiger partial charge in [-0.05, 0) is 48.7 Å². The molecule has 1 amide bonds. The topological polar surface area (TPSA) is 116 Å². The van der Waals surface area contributed by atoms with Crippen LogP contribution in [0.15, 0.2) is 47.4 Å². The van der Waals surface area contributed by atoms with Crippen LogP contribution in [-0.2, 0) is 19.6 Å². The Hall–Kier alpha value is -2.78. The SMILES string of the molecule is CC(C)c1ccc(NC(=O)[C@@H](C)OC(=O)c2cc(S(N)(=O)=O)ccc2F)cc1. The van der Waals surface area contributed by atoms with Crippen LogP contribution in [0.5, 0.6) is 0 Å². The zero-order valence-electron chi connectivity index (χ0n) is 15.6. The molecule has 0 aliphatic heterocycles. The third-order valence-corrected chi connectivity index (χ3v) is 4.90. The van der Waals surface area contributed by atoms with Crippen LogP contribution in [0.3, 0.4) is 0 Å². The lowest BCUT2D eigenvalue weighted by Gasteiger charge is -2.14. The number of hydrogen-bond acceptors (Lipinski definition) is 5. The molecule has 0 heterocycles. The van der Waals surface area contributed by atoms with Gasteiger partial charge in [-0.3, -0.25) is 4.79 Å². The first kappa shape index (κ1) is 21.5. The van der Waals surface area contributed by atoms with Gasteiger partial charge in [-0.1, -0.05) is 26.0 Å². The molecule has 0 unspecified atom stereocenters. The van der Waals surface area contributed by atoms with E-state index < -0.39 is 44.3 Å². The second-order valence-electron chi connectivity index (χ2n) is 6.50. The van der Waals surface area contributed by atoms with E-state index in [1.54, 1.807) is 12.1 Å². The molecule has 3 N–H and O–H groups in total. The number of halogens is 1. The van der Waals surface area contributed by atoms with Crippen molar-refractivity contribution >= 4 is 27.6 Å². The first-order valence-electron chi connectivity index (χ1n) is 8.43. The van der Waals surface area contributed by atoms with E-state index in [0.29, 0.717) is 11.6 Å².